The molecule has 0 fully saturated rings. The van der Waals surface area contributed by atoms with Crippen molar-refractivity contribution < 1.29 is 0 Å². The van der Waals surface area contributed by atoms with Crippen LogP contribution in [0.25, 0.3) is 0 Å². The first kappa shape index (κ1) is 13.2. The molecule has 4 heteroatoms. The summed E-state index contributed by atoms with van der Waals surface area (Å²) in [5.74, 6) is 0. The Balaban J connectivity index is 2.37. The first-order chi connectivity index (χ1) is 7.13. The topological polar surface area (TPSA) is 15.3 Å². The maximum atomic E-state index is 3.48. The Bertz CT molecular complexity index is 288. The molecule has 0 saturated carbocycles. The number of nitrogens with one attached hydrogen (secondary N) is 1. The van der Waals surface area contributed by atoms with Crippen molar-refractivity contribution in [1.29, 1.82) is 0 Å². The Morgan fingerprint density at radius 2 is 2.33 bits per heavy atom. The molecule has 1 aromatic heterocycles. The van der Waals surface area contributed by atoms with Crippen LogP contribution in [0.15, 0.2) is 15.9 Å². The largest absolute Gasteiger partial charge is 0.320 e. The fraction of sp³-hybridized carbons (Fsp3) is 0.636. The van der Waals surface area contributed by atoms with Gasteiger partial charge in [-0.15, -0.1) is 11.3 Å². The lowest BCUT2D eigenvalue weighted by atomic mass is 10.2. The molecular weight excluding hydrogens is 272 g/mol. The molecule has 0 saturated heterocycles. The minimum Gasteiger partial charge on any atom is -0.320 e. The lowest BCUT2D eigenvalue weighted by Crippen LogP contribution is -2.30. The van der Waals surface area contributed by atoms with Gasteiger partial charge >= 0.3 is 0 Å². The van der Waals surface area contributed by atoms with Crippen molar-refractivity contribution in [2.75, 3.05) is 20.6 Å². The van der Waals surface area contributed by atoms with Crippen molar-refractivity contribution in [2.24, 2.45) is 0 Å². The van der Waals surface area contributed by atoms with Crippen LogP contribution in [0.3, 0.4) is 0 Å². The van der Waals surface area contributed by atoms with E-state index in [1.807, 2.05) is 18.4 Å². The van der Waals surface area contributed by atoms with E-state index in [-0.39, 0.29) is 0 Å². The number of hydrogen-bond acceptors (Lipinski definition) is 3. The molecule has 1 atom stereocenters. The minimum absolute atomic E-state index is 0.623. The molecule has 1 aromatic rings. The average molecular weight is 291 g/mol. The van der Waals surface area contributed by atoms with Gasteiger partial charge in [-0.3, -0.25) is 4.90 Å². The highest BCUT2D eigenvalue weighted by molar-refractivity contribution is 9.10. The van der Waals surface area contributed by atoms with Crippen molar-refractivity contribution >= 4 is 27.3 Å². The van der Waals surface area contributed by atoms with Crippen LogP contribution in [0.2, 0.25) is 0 Å². The minimum atomic E-state index is 0.623. The van der Waals surface area contributed by atoms with Gasteiger partial charge in [-0.1, -0.05) is 0 Å². The van der Waals surface area contributed by atoms with Gasteiger partial charge in [-0.2, -0.15) is 0 Å². The van der Waals surface area contributed by atoms with Crippen LogP contribution in [0.5, 0.6) is 0 Å². The van der Waals surface area contributed by atoms with Gasteiger partial charge in [-0.25, -0.2) is 0 Å². The van der Waals surface area contributed by atoms with Crippen LogP contribution in [-0.4, -0.2) is 31.6 Å². The zero-order valence-corrected chi connectivity index (χ0v) is 12.0. The molecule has 0 amide bonds. The van der Waals surface area contributed by atoms with Crippen molar-refractivity contribution in [1.82, 2.24) is 10.2 Å². The predicted molar refractivity (Wildman–Crippen MR) is 71.5 cm³/mol. The van der Waals surface area contributed by atoms with Gasteiger partial charge in [0.1, 0.15) is 0 Å². The summed E-state index contributed by atoms with van der Waals surface area (Å²) >= 11 is 5.30. The predicted octanol–water partition coefficient (Wildman–Crippen LogP) is 2.94. The van der Waals surface area contributed by atoms with E-state index in [4.69, 9.17) is 0 Å². The van der Waals surface area contributed by atoms with E-state index < -0.39 is 0 Å². The van der Waals surface area contributed by atoms with Gasteiger partial charge in [-0.05, 0) is 56.0 Å². The highest BCUT2D eigenvalue weighted by Gasteiger charge is 2.09. The zero-order chi connectivity index (χ0) is 11.3. The van der Waals surface area contributed by atoms with E-state index in [9.17, 15) is 0 Å². The van der Waals surface area contributed by atoms with Crippen LogP contribution in [0, 0.1) is 0 Å². The summed E-state index contributed by atoms with van der Waals surface area (Å²) in [6, 6.07) is 2.82. The third kappa shape index (κ3) is 4.64. The smallest absolute Gasteiger partial charge is 0.0328 e. The molecule has 0 aliphatic rings. The van der Waals surface area contributed by atoms with Gasteiger partial charge in [0.25, 0.3) is 0 Å². The Labute approximate surface area is 105 Å². The van der Waals surface area contributed by atoms with Crippen molar-refractivity contribution in [2.45, 2.75) is 25.9 Å². The second-order valence-corrected chi connectivity index (χ2v) is 5.80. The molecule has 15 heavy (non-hydrogen) atoms. The van der Waals surface area contributed by atoms with Gasteiger partial charge < -0.3 is 5.32 Å². The molecule has 0 radical (unpaired) electrons. The lowest BCUT2D eigenvalue weighted by molar-refractivity contribution is 0.239. The Morgan fingerprint density at radius 3 is 2.87 bits per heavy atom. The van der Waals surface area contributed by atoms with E-state index in [1.54, 1.807) is 0 Å². The summed E-state index contributed by atoms with van der Waals surface area (Å²) in [6.07, 6.45) is 1.19. The van der Waals surface area contributed by atoms with Crippen LogP contribution >= 0.6 is 27.3 Å². The maximum Gasteiger partial charge on any atom is 0.0328 e. The van der Waals surface area contributed by atoms with Crippen LogP contribution in [-0.2, 0) is 6.54 Å². The molecule has 0 aliphatic carbocycles. The van der Waals surface area contributed by atoms with Crippen LogP contribution in [0.4, 0.5) is 0 Å². The monoisotopic (exact) mass is 290 g/mol. The third-order valence-electron chi connectivity index (χ3n) is 2.59. The molecule has 2 nitrogen and oxygen atoms in total. The Kier molecular flexibility index (Phi) is 5.82. The highest BCUT2D eigenvalue weighted by atomic mass is 79.9. The highest BCUT2D eigenvalue weighted by Crippen LogP contribution is 2.21. The quantitative estimate of drug-likeness (QED) is 0.867. The number of hydrogen-bond donors (Lipinski definition) is 1. The molecular formula is C11H19BrN2S. The molecule has 1 heterocycles. The molecule has 86 valence electrons. The Hall–Kier alpha value is 0.1000. The number of halogens is 1. The van der Waals surface area contributed by atoms with Gasteiger partial charge in [0.2, 0.25) is 0 Å². The molecule has 0 aromatic carbocycles. The summed E-state index contributed by atoms with van der Waals surface area (Å²) in [7, 11) is 4.19. The number of thiophene rings is 1. The summed E-state index contributed by atoms with van der Waals surface area (Å²) in [4.78, 5) is 3.82. The van der Waals surface area contributed by atoms with Gasteiger partial charge in [0.05, 0.1) is 0 Å². The normalized spacial score (nSPS) is 13.4. The fourth-order valence-electron chi connectivity index (χ4n) is 1.41. The summed E-state index contributed by atoms with van der Waals surface area (Å²) in [6.45, 7) is 4.40. The Morgan fingerprint density at radius 1 is 1.60 bits per heavy atom. The van der Waals surface area contributed by atoms with E-state index in [0.717, 1.165) is 13.1 Å². The van der Waals surface area contributed by atoms with Gasteiger partial charge in [0, 0.05) is 27.3 Å². The molecule has 1 rings (SSSR count). The van der Waals surface area contributed by atoms with Crippen LogP contribution < -0.4 is 5.32 Å². The van der Waals surface area contributed by atoms with Crippen molar-refractivity contribution in [3.05, 3.63) is 20.8 Å². The molecule has 0 spiro atoms. The van der Waals surface area contributed by atoms with E-state index in [0.29, 0.717) is 6.04 Å². The lowest BCUT2D eigenvalue weighted by Gasteiger charge is -2.23. The first-order valence-electron chi connectivity index (χ1n) is 5.21. The van der Waals surface area contributed by atoms with Crippen molar-refractivity contribution in [3.63, 3.8) is 0 Å². The van der Waals surface area contributed by atoms with Crippen molar-refractivity contribution in [3.8, 4) is 0 Å². The molecule has 1 N–H and O–H groups in total. The van der Waals surface area contributed by atoms with E-state index >= 15 is 0 Å². The number of nitrogens with zero attached hydrogens (tertiary/aromatic N) is 1. The summed E-state index contributed by atoms with van der Waals surface area (Å²) < 4.78 is 1.19. The van der Waals surface area contributed by atoms with E-state index in [1.165, 1.54) is 15.8 Å². The second kappa shape index (κ2) is 6.63. The second-order valence-electron chi connectivity index (χ2n) is 3.89. The zero-order valence-electron chi connectivity index (χ0n) is 9.59. The summed E-state index contributed by atoms with van der Waals surface area (Å²) in [5.41, 5.74) is 0. The third-order valence-corrected chi connectivity index (χ3v) is 4.27. The molecule has 1 unspecified atom stereocenters. The summed E-state index contributed by atoms with van der Waals surface area (Å²) in [5, 5.41) is 5.33. The maximum absolute atomic E-state index is 3.48. The molecule has 0 aliphatic heterocycles. The number of rotatable bonds is 6. The molecule has 0 bridgehead atoms. The van der Waals surface area contributed by atoms with Gasteiger partial charge in [0.15, 0.2) is 0 Å². The average Bonchev–Trinajstić information content (AvgIpc) is 2.60. The standard InChI is InChI=1S/C11H19BrN2S/c1-9(4-5-13-2)14(3)7-11-6-10(12)8-15-11/h6,8-9,13H,4-5,7H2,1-3H3. The first-order valence-corrected chi connectivity index (χ1v) is 6.88. The van der Waals surface area contributed by atoms with Crippen LogP contribution in [0.1, 0.15) is 18.2 Å². The van der Waals surface area contributed by atoms with E-state index in [2.05, 4.69) is 51.6 Å². The SMILES string of the molecule is CNCCC(C)N(C)Cc1cc(Br)cs1. The fourth-order valence-corrected chi connectivity index (χ4v) is 2.93.